The Balaban J connectivity index is 1.68. The first-order valence-corrected chi connectivity index (χ1v) is 8.19. The lowest BCUT2D eigenvalue weighted by atomic mass is 9.93. The molecule has 1 aliphatic rings. The molecule has 7 nitrogen and oxygen atoms in total. The highest BCUT2D eigenvalue weighted by atomic mass is 16.4. The first kappa shape index (κ1) is 16.0. The molecular formula is C19H16N4O3. The van der Waals surface area contributed by atoms with E-state index in [4.69, 9.17) is 0 Å². The van der Waals surface area contributed by atoms with Crippen LogP contribution in [-0.2, 0) is 17.8 Å². The molecule has 1 N–H and O–H groups in total. The van der Waals surface area contributed by atoms with Gasteiger partial charge in [0.15, 0.2) is 0 Å². The van der Waals surface area contributed by atoms with Crippen molar-refractivity contribution in [2.75, 3.05) is 0 Å². The molecule has 0 saturated carbocycles. The fourth-order valence-electron chi connectivity index (χ4n) is 3.25. The molecule has 1 amide bonds. The summed E-state index contributed by atoms with van der Waals surface area (Å²) in [6, 6.07) is 13.7. The van der Waals surface area contributed by atoms with Crippen LogP contribution in [0.1, 0.15) is 21.5 Å². The van der Waals surface area contributed by atoms with Crippen LogP contribution in [0.3, 0.4) is 0 Å². The fraction of sp³-hybridized carbons (Fsp3) is 0.158. The Morgan fingerprint density at radius 3 is 2.62 bits per heavy atom. The zero-order valence-electron chi connectivity index (χ0n) is 13.8. The summed E-state index contributed by atoms with van der Waals surface area (Å²) in [5.41, 5.74) is 3.06. The molecule has 130 valence electrons. The Bertz CT molecular complexity index is 968. The van der Waals surface area contributed by atoms with Crippen LogP contribution in [0.25, 0.3) is 5.69 Å². The zero-order chi connectivity index (χ0) is 18.1. The first-order valence-electron chi connectivity index (χ1n) is 8.19. The number of carboxylic acids is 1. The lowest BCUT2D eigenvalue weighted by molar-refractivity contribution is -0.142. The van der Waals surface area contributed by atoms with Gasteiger partial charge in [0.1, 0.15) is 18.7 Å². The minimum Gasteiger partial charge on any atom is -0.480 e. The van der Waals surface area contributed by atoms with Crippen LogP contribution in [0, 0.1) is 0 Å². The van der Waals surface area contributed by atoms with Crippen molar-refractivity contribution >= 4 is 11.9 Å². The van der Waals surface area contributed by atoms with Gasteiger partial charge in [-0.1, -0.05) is 30.3 Å². The Labute approximate surface area is 149 Å². The summed E-state index contributed by atoms with van der Waals surface area (Å²) in [5, 5.41) is 13.7. The number of aliphatic carboxylic acids is 1. The van der Waals surface area contributed by atoms with Gasteiger partial charge in [0.05, 0.1) is 5.69 Å². The summed E-state index contributed by atoms with van der Waals surface area (Å²) < 4.78 is 1.55. The molecule has 0 unspecified atom stereocenters. The van der Waals surface area contributed by atoms with E-state index in [0.717, 1.165) is 11.1 Å². The van der Waals surface area contributed by atoms with Crippen molar-refractivity contribution < 1.29 is 14.7 Å². The number of rotatable bonds is 3. The van der Waals surface area contributed by atoms with E-state index in [1.807, 2.05) is 30.3 Å². The number of fused-ring (bicyclic) bond motifs is 1. The van der Waals surface area contributed by atoms with E-state index in [1.165, 1.54) is 11.2 Å². The molecule has 2 heterocycles. The summed E-state index contributed by atoms with van der Waals surface area (Å²) in [7, 11) is 0. The molecule has 0 bridgehead atoms. The Kier molecular flexibility index (Phi) is 3.96. The topological polar surface area (TPSA) is 88.3 Å². The number of carboxylic acid groups (broad SMARTS) is 1. The number of aromatic nitrogens is 3. The molecule has 0 radical (unpaired) electrons. The average molecular weight is 348 g/mol. The minimum atomic E-state index is -1.000. The first-order chi connectivity index (χ1) is 12.6. The highest BCUT2D eigenvalue weighted by Gasteiger charge is 2.34. The van der Waals surface area contributed by atoms with Crippen molar-refractivity contribution in [2.24, 2.45) is 0 Å². The maximum Gasteiger partial charge on any atom is 0.326 e. The van der Waals surface area contributed by atoms with Gasteiger partial charge in [-0.05, 0) is 29.3 Å². The van der Waals surface area contributed by atoms with Crippen LogP contribution < -0.4 is 0 Å². The summed E-state index contributed by atoms with van der Waals surface area (Å²) in [5.74, 6) is -1.31. The predicted octanol–water partition coefficient (Wildman–Crippen LogP) is 1.92. The third-order valence-corrected chi connectivity index (χ3v) is 4.57. The number of hydrogen-bond donors (Lipinski definition) is 1. The largest absolute Gasteiger partial charge is 0.480 e. The van der Waals surface area contributed by atoms with E-state index in [0.29, 0.717) is 17.7 Å². The lowest BCUT2D eigenvalue weighted by Gasteiger charge is -2.34. The number of amides is 1. The van der Waals surface area contributed by atoms with Crippen LogP contribution in [-0.4, -0.2) is 42.7 Å². The maximum absolute atomic E-state index is 13.1. The molecule has 4 rings (SSSR count). The van der Waals surface area contributed by atoms with E-state index >= 15 is 0 Å². The van der Waals surface area contributed by atoms with Crippen molar-refractivity contribution in [1.29, 1.82) is 0 Å². The van der Waals surface area contributed by atoms with Gasteiger partial charge in [-0.3, -0.25) is 4.79 Å². The molecule has 26 heavy (non-hydrogen) atoms. The van der Waals surface area contributed by atoms with Gasteiger partial charge in [0.25, 0.3) is 5.91 Å². The third-order valence-electron chi connectivity index (χ3n) is 4.57. The predicted molar refractivity (Wildman–Crippen MR) is 92.8 cm³/mol. The summed E-state index contributed by atoms with van der Waals surface area (Å²) in [6.07, 6.45) is 3.26. The second-order valence-corrected chi connectivity index (χ2v) is 6.15. The van der Waals surface area contributed by atoms with Gasteiger partial charge < -0.3 is 10.0 Å². The van der Waals surface area contributed by atoms with Crippen LogP contribution in [0.15, 0.2) is 61.2 Å². The van der Waals surface area contributed by atoms with Crippen molar-refractivity contribution in [1.82, 2.24) is 19.7 Å². The van der Waals surface area contributed by atoms with Crippen molar-refractivity contribution in [3.63, 3.8) is 0 Å². The molecule has 1 aliphatic heterocycles. The molecule has 2 aromatic carbocycles. The number of carbonyl (C=O) groups excluding carboxylic acids is 1. The van der Waals surface area contributed by atoms with Crippen LogP contribution in [0.5, 0.6) is 0 Å². The SMILES string of the molecule is O=C(O)[C@H]1Cc2ccccc2CN1C(=O)c1cccc(-n2cncn2)c1. The van der Waals surface area contributed by atoms with Gasteiger partial charge in [-0.25, -0.2) is 14.5 Å². The van der Waals surface area contributed by atoms with E-state index in [9.17, 15) is 14.7 Å². The van der Waals surface area contributed by atoms with Gasteiger partial charge >= 0.3 is 5.97 Å². The van der Waals surface area contributed by atoms with Gasteiger partial charge in [0.2, 0.25) is 0 Å². The molecule has 0 saturated heterocycles. The van der Waals surface area contributed by atoms with Gasteiger partial charge in [-0.15, -0.1) is 0 Å². The summed E-state index contributed by atoms with van der Waals surface area (Å²) in [6.45, 7) is 0.277. The second kappa shape index (κ2) is 6.44. The smallest absolute Gasteiger partial charge is 0.326 e. The lowest BCUT2D eigenvalue weighted by Crippen LogP contribution is -2.48. The highest BCUT2D eigenvalue weighted by molar-refractivity contribution is 5.97. The number of hydrogen-bond acceptors (Lipinski definition) is 4. The Hall–Kier alpha value is -3.48. The standard InChI is InChI=1S/C19H16N4O3/c24-18(14-6-3-7-16(8-14)23-12-20-11-21-23)22-10-15-5-2-1-4-13(15)9-17(22)19(25)26/h1-8,11-12,17H,9-10H2,(H,25,26)/t17-/m1/s1. The van der Waals surface area contributed by atoms with E-state index in [2.05, 4.69) is 10.1 Å². The quantitative estimate of drug-likeness (QED) is 0.781. The Morgan fingerprint density at radius 2 is 1.88 bits per heavy atom. The van der Waals surface area contributed by atoms with Crippen molar-refractivity contribution in [3.8, 4) is 5.69 Å². The molecule has 0 aliphatic carbocycles. The van der Waals surface area contributed by atoms with E-state index < -0.39 is 12.0 Å². The van der Waals surface area contributed by atoms with Crippen LogP contribution in [0.2, 0.25) is 0 Å². The van der Waals surface area contributed by atoms with Gasteiger partial charge in [0, 0.05) is 18.5 Å². The molecule has 1 aromatic heterocycles. The highest BCUT2D eigenvalue weighted by Crippen LogP contribution is 2.25. The molecule has 7 heteroatoms. The second-order valence-electron chi connectivity index (χ2n) is 6.15. The third kappa shape index (κ3) is 2.83. The summed E-state index contributed by atoms with van der Waals surface area (Å²) >= 11 is 0. The molecule has 1 atom stereocenters. The zero-order valence-corrected chi connectivity index (χ0v) is 13.8. The molecule has 3 aromatic rings. The van der Waals surface area contributed by atoms with E-state index in [-0.39, 0.29) is 12.5 Å². The van der Waals surface area contributed by atoms with E-state index in [1.54, 1.807) is 29.2 Å². The summed E-state index contributed by atoms with van der Waals surface area (Å²) in [4.78, 5) is 30.1. The van der Waals surface area contributed by atoms with Crippen molar-refractivity contribution in [3.05, 3.63) is 77.9 Å². The average Bonchev–Trinajstić information content (AvgIpc) is 3.21. The fourth-order valence-corrected chi connectivity index (χ4v) is 3.25. The number of carbonyl (C=O) groups is 2. The molecule has 0 fully saturated rings. The normalized spacial score (nSPS) is 16.2. The minimum absolute atomic E-state index is 0.277. The monoisotopic (exact) mass is 348 g/mol. The van der Waals surface area contributed by atoms with Crippen molar-refractivity contribution in [2.45, 2.75) is 19.0 Å². The molecule has 0 spiro atoms. The maximum atomic E-state index is 13.1. The number of benzene rings is 2. The van der Waals surface area contributed by atoms with Crippen LogP contribution in [0.4, 0.5) is 0 Å². The number of nitrogens with zero attached hydrogens (tertiary/aromatic N) is 4. The molecular weight excluding hydrogens is 332 g/mol. The Morgan fingerprint density at radius 1 is 1.08 bits per heavy atom. The van der Waals surface area contributed by atoms with Crippen LogP contribution >= 0.6 is 0 Å². The van der Waals surface area contributed by atoms with Gasteiger partial charge in [-0.2, -0.15) is 5.10 Å².